The number of halogens is 1. The van der Waals surface area contributed by atoms with Gasteiger partial charge in [0.15, 0.2) is 0 Å². The van der Waals surface area contributed by atoms with Gasteiger partial charge in [-0.05, 0) is 23.9 Å². The number of aromatic nitrogens is 2. The molecule has 0 aliphatic rings. The molecule has 0 bridgehead atoms. The molecule has 4 heteroatoms. The van der Waals surface area contributed by atoms with E-state index >= 15 is 0 Å². The second-order valence-electron chi connectivity index (χ2n) is 5.08. The molecular weight excluding hydrogens is 252 g/mol. The number of hydrogen-bond donors (Lipinski definition) is 0. The molecule has 2 nitrogen and oxygen atoms in total. The Hall–Kier alpha value is -0.930. The molecule has 0 unspecified atom stereocenters. The molecule has 2 rings (SSSR count). The zero-order chi connectivity index (χ0) is 12.6. The van der Waals surface area contributed by atoms with Crippen LogP contribution in [0, 0.1) is 6.92 Å². The molecule has 0 aliphatic carbocycles. The van der Waals surface area contributed by atoms with E-state index in [4.69, 9.17) is 11.6 Å². The first-order chi connectivity index (χ1) is 7.88. The molecule has 0 saturated heterocycles. The fourth-order valence-corrected chi connectivity index (χ4v) is 2.58. The van der Waals surface area contributed by atoms with Crippen molar-refractivity contribution in [1.29, 1.82) is 0 Å². The van der Waals surface area contributed by atoms with E-state index < -0.39 is 0 Å². The van der Waals surface area contributed by atoms with Crippen molar-refractivity contribution in [2.45, 2.75) is 33.1 Å². The second kappa shape index (κ2) is 4.39. The van der Waals surface area contributed by atoms with E-state index in [-0.39, 0.29) is 5.41 Å². The minimum absolute atomic E-state index is 0.0924. The monoisotopic (exact) mass is 266 g/mol. The van der Waals surface area contributed by atoms with Crippen molar-refractivity contribution in [3.8, 4) is 10.6 Å². The van der Waals surface area contributed by atoms with Crippen LogP contribution in [0.3, 0.4) is 0 Å². The fraction of sp³-hybridized carbons (Fsp3) is 0.385. The molecule has 0 radical (unpaired) electrons. The Balaban J connectivity index is 2.57. The third kappa shape index (κ3) is 2.67. The summed E-state index contributed by atoms with van der Waals surface area (Å²) in [6.45, 7) is 8.34. The molecule has 2 heterocycles. The van der Waals surface area contributed by atoms with Crippen molar-refractivity contribution in [2.24, 2.45) is 0 Å². The van der Waals surface area contributed by atoms with Gasteiger partial charge in [0, 0.05) is 11.5 Å². The Kier molecular flexibility index (Phi) is 3.23. The van der Waals surface area contributed by atoms with E-state index in [0.717, 1.165) is 11.5 Å². The lowest BCUT2D eigenvalue weighted by atomic mass is 9.95. The van der Waals surface area contributed by atoms with Crippen LogP contribution in [-0.4, -0.2) is 9.97 Å². The highest BCUT2D eigenvalue weighted by Gasteiger charge is 2.19. The first-order valence-corrected chi connectivity index (χ1v) is 6.73. The van der Waals surface area contributed by atoms with Crippen LogP contribution in [0.1, 0.15) is 32.2 Å². The SMILES string of the molecule is Cc1ccsc1-c1cc(Cl)nc(C(C)(C)C)n1. The third-order valence-electron chi connectivity index (χ3n) is 2.46. The van der Waals surface area contributed by atoms with Gasteiger partial charge in [-0.2, -0.15) is 0 Å². The van der Waals surface area contributed by atoms with Crippen LogP contribution in [0.25, 0.3) is 10.6 Å². The van der Waals surface area contributed by atoms with Gasteiger partial charge < -0.3 is 0 Å². The van der Waals surface area contributed by atoms with Crippen LogP contribution in [0.4, 0.5) is 0 Å². The summed E-state index contributed by atoms with van der Waals surface area (Å²) in [4.78, 5) is 10.1. The quantitative estimate of drug-likeness (QED) is 0.712. The maximum atomic E-state index is 6.08. The average Bonchev–Trinajstić information content (AvgIpc) is 2.62. The first kappa shape index (κ1) is 12.5. The van der Waals surface area contributed by atoms with Crippen molar-refractivity contribution in [3.05, 3.63) is 34.1 Å². The maximum absolute atomic E-state index is 6.08. The smallest absolute Gasteiger partial charge is 0.136 e. The highest BCUT2D eigenvalue weighted by molar-refractivity contribution is 7.13. The lowest BCUT2D eigenvalue weighted by Crippen LogP contribution is -2.16. The van der Waals surface area contributed by atoms with Crippen molar-refractivity contribution in [2.75, 3.05) is 0 Å². The molecule has 90 valence electrons. The highest BCUT2D eigenvalue weighted by atomic mass is 35.5. The zero-order valence-corrected chi connectivity index (χ0v) is 12.0. The fourth-order valence-electron chi connectivity index (χ4n) is 1.50. The normalized spacial score (nSPS) is 11.8. The molecule has 0 amide bonds. The minimum Gasteiger partial charge on any atom is -0.231 e. The van der Waals surface area contributed by atoms with Crippen LogP contribution in [0.5, 0.6) is 0 Å². The molecule has 2 aromatic rings. The largest absolute Gasteiger partial charge is 0.231 e. The number of thiophene rings is 1. The summed E-state index contributed by atoms with van der Waals surface area (Å²) < 4.78 is 0. The first-order valence-electron chi connectivity index (χ1n) is 5.47. The maximum Gasteiger partial charge on any atom is 0.136 e. The second-order valence-corrected chi connectivity index (χ2v) is 6.39. The van der Waals surface area contributed by atoms with Crippen LogP contribution < -0.4 is 0 Å². The van der Waals surface area contributed by atoms with Gasteiger partial charge in [0.25, 0.3) is 0 Å². The molecule has 0 saturated carbocycles. The number of aryl methyl sites for hydroxylation is 1. The van der Waals surface area contributed by atoms with E-state index in [1.165, 1.54) is 10.4 Å². The molecule has 2 aromatic heterocycles. The summed E-state index contributed by atoms with van der Waals surface area (Å²) in [5.74, 6) is 0.785. The number of hydrogen-bond acceptors (Lipinski definition) is 3. The van der Waals surface area contributed by atoms with E-state index in [1.807, 2.05) is 6.07 Å². The van der Waals surface area contributed by atoms with Crippen LogP contribution in [0.2, 0.25) is 5.15 Å². The van der Waals surface area contributed by atoms with Gasteiger partial charge in [-0.1, -0.05) is 32.4 Å². The summed E-state index contributed by atoms with van der Waals surface area (Å²) >= 11 is 7.76. The van der Waals surface area contributed by atoms with E-state index in [1.54, 1.807) is 11.3 Å². The van der Waals surface area contributed by atoms with Gasteiger partial charge in [0.2, 0.25) is 0 Å². The van der Waals surface area contributed by atoms with E-state index in [9.17, 15) is 0 Å². The summed E-state index contributed by atoms with van der Waals surface area (Å²) in [6.07, 6.45) is 0. The molecule has 0 spiro atoms. The van der Waals surface area contributed by atoms with E-state index in [0.29, 0.717) is 5.15 Å². The van der Waals surface area contributed by atoms with Gasteiger partial charge >= 0.3 is 0 Å². The predicted molar refractivity (Wildman–Crippen MR) is 73.8 cm³/mol. The van der Waals surface area contributed by atoms with Crippen LogP contribution in [-0.2, 0) is 5.41 Å². The molecule has 0 N–H and O–H groups in total. The lowest BCUT2D eigenvalue weighted by Gasteiger charge is -2.17. The average molecular weight is 267 g/mol. The van der Waals surface area contributed by atoms with Crippen LogP contribution >= 0.6 is 22.9 Å². The third-order valence-corrected chi connectivity index (χ3v) is 3.69. The Labute approximate surface area is 111 Å². The summed E-state index contributed by atoms with van der Waals surface area (Å²) in [5.41, 5.74) is 2.05. The van der Waals surface area contributed by atoms with Crippen molar-refractivity contribution < 1.29 is 0 Å². The molecule has 0 fully saturated rings. The van der Waals surface area contributed by atoms with Gasteiger partial charge in [0.1, 0.15) is 11.0 Å². The van der Waals surface area contributed by atoms with Gasteiger partial charge in [-0.3, -0.25) is 0 Å². The van der Waals surface area contributed by atoms with Gasteiger partial charge in [0.05, 0.1) is 10.6 Å². The molecule has 0 aromatic carbocycles. The summed E-state index contributed by atoms with van der Waals surface area (Å²) in [7, 11) is 0. The van der Waals surface area contributed by atoms with Crippen molar-refractivity contribution in [1.82, 2.24) is 9.97 Å². The minimum atomic E-state index is -0.0924. The highest BCUT2D eigenvalue weighted by Crippen LogP contribution is 2.30. The Morgan fingerprint density at radius 3 is 2.47 bits per heavy atom. The van der Waals surface area contributed by atoms with Gasteiger partial charge in [-0.15, -0.1) is 11.3 Å². The summed E-state index contributed by atoms with van der Waals surface area (Å²) in [5, 5.41) is 2.57. The Morgan fingerprint density at radius 2 is 1.94 bits per heavy atom. The van der Waals surface area contributed by atoms with Crippen LogP contribution in [0.15, 0.2) is 17.5 Å². The zero-order valence-electron chi connectivity index (χ0n) is 10.4. The number of nitrogens with zero attached hydrogens (tertiary/aromatic N) is 2. The van der Waals surface area contributed by atoms with E-state index in [2.05, 4.69) is 49.1 Å². The lowest BCUT2D eigenvalue weighted by molar-refractivity contribution is 0.546. The molecule has 0 atom stereocenters. The topological polar surface area (TPSA) is 25.8 Å². The Morgan fingerprint density at radius 1 is 1.24 bits per heavy atom. The summed E-state index contributed by atoms with van der Waals surface area (Å²) in [6, 6.07) is 3.92. The predicted octanol–water partition coefficient (Wildman–Crippen LogP) is 4.46. The molecule has 17 heavy (non-hydrogen) atoms. The number of rotatable bonds is 1. The molecular formula is C13H15ClN2S. The standard InChI is InChI=1S/C13H15ClN2S/c1-8-5-6-17-11(8)9-7-10(14)16-12(15-9)13(2,3)4/h5-7H,1-4H3. The molecule has 0 aliphatic heterocycles. The van der Waals surface area contributed by atoms with Crippen molar-refractivity contribution >= 4 is 22.9 Å². The van der Waals surface area contributed by atoms with Gasteiger partial charge in [-0.25, -0.2) is 9.97 Å². The Bertz CT molecular complexity index is 541. The van der Waals surface area contributed by atoms with Crippen molar-refractivity contribution in [3.63, 3.8) is 0 Å².